The summed E-state index contributed by atoms with van der Waals surface area (Å²) in [6.07, 6.45) is 25.6. The Bertz CT molecular complexity index is 316. The summed E-state index contributed by atoms with van der Waals surface area (Å²) in [6, 6.07) is 0.737. The summed E-state index contributed by atoms with van der Waals surface area (Å²) in [5, 5.41) is 3.94. The Morgan fingerprint density at radius 1 is 0.680 bits per heavy atom. The van der Waals surface area contributed by atoms with E-state index in [9.17, 15) is 0 Å². The van der Waals surface area contributed by atoms with Crippen molar-refractivity contribution in [3.63, 3.8) is 0 Å². The van der Waals surface area contributed by atoms with Gasteiger partial charge < -0.3 is 5.32 Å². The van der Waals surface area contributed by atoms with Gasteiger partial charge in [-0.15, -0.1) is 0 Å². The Morgan fingerprint density at radius 2 is 1.16 bits per heavy atom. The quantitative estimate of drug-likeness (QED) is 0.493. The molecule has 25 heavy (non-hydrogen) atoms. The first-order valence-electron chi connectivity index (χ1n) is 12.1. The first-order valence-corrected chi connectivity index (χ1v) is 12.1. The second-order valence-electron chi connectivity index (χ2n) is 9.84. The van der Waals surface area contributed by atoms with E-state index in [1.54, 1.807) is 25.7 Å². The van der Waals surface area contributed by atoms with Gasteiger partial charge in [0.25, 0.3) is 0 Å². The highest BCUT2D eigenvalue weighted by Gasteiger charge is 2.31. The van der Waals surface area contributed by atoms with Crippen molar-refractivity contribution in [3.8, 4) is 0 Å². The van der Waals surface area contributed by atoms with Crippen molar-refractivity contribution in [1.82, 2.24) is 5.32 Å². The van der Waals surface area contributed by atoms with E-state index < -0.39 is 0 Å². The molecule has 3 fully saturated rings. The van der Waals surface area contributed by atoms with Crippen LogP contribution < -0.4 is 5.32 Å². The van der Waals surface area contributed by atoms with E-state index in [4.69, 9.17) is 0 Å². The van der Waals surface area contributed by atoms with Crippen molar-refractivity contribution in [2.45, 2.75) is 122 Å². The van der Waals surface area contributed by atoms with Crippen molar-refractivity contribution in [1.29, 1.82) is 0 Å². The molecule has 3 aliphatic rings. The van der Waals surface area contributed by atoms with Gasteiger partial charge in [0.15, 0.2) is 0 Å². The SMILES string of the molecule is CC(CC1CCCCC1)NCCC(C1CCCCC1)C1CCCCC1. The minimum absolute atomic E-state index is 0.737. The van der Waals surface area contributed by atoms with Crippen LogP contribution >= 0.6 is 0 Å². The normalized spacial score (nSPS) is 26.2. The maximum absolute atomic E-state index is 3.94. The molecule has 3 rings (SSSR count). The lowest BCUT2D eigenvalue weighted by Gasteiger charge is -2.38. The van der Waals surface area contributed by atoms with Crippen LogP contribution in [-0.4, -0.2) is 12.6 Å². The second-order valence-corrected chi connectivity index (χ2v) is 9.84. The van der Waals surface area contributed by atoms with Crippen LogP contribution in [0.3, 0.4) is 0 Å². The zero-order chi connectivity index (χ0) is 17.3. The van der Waals surface area contributed by atoms with Crippen molar-refractivity contribution >= 4 is 0 Å². The van der Waals surface area contributed by atoms with Crippen LogP contribution in [0.2, 0.25) is 0 Å². The third-order valence-corrected chi connectivity index (χ3v) is 7.89. The average Bonchev–Trinajstić information content (AvgIpc) is 2.67. The zero-order valence-corrected chi connectivity index (χ0v) is 17.1. The van der Waals surface area contributed by atoms with Crippen LogP contribution in [0.4, 0.5) is 0 Å². The molecule has 0 spiro atoms. The van der Waals surface area contributed by atoms with E-state index in [-0.39, 0.29) is 0 Å². The fourth-order valence-corrected chi connectivity index (χ4v) is 6.48. The maximum atomic E-state index is 3.94. The van der Waals surface area contributed by atoms with Gasteiger partial charge in [0.05, 0.1) is 0 Å². The highest BCUT2D eigenvalue weighted by molar-refractivity contribution is 4.83. The minimum Gasteiger partial charge on any atom is -0.314 e. The minimum atomic E-state index is 0.737. The molecule has 1 atom stereocenters. The molecule has 3 aliphatic carbocycles. The molecule has 0 aromatic heterocycles. The molecular formula is C24H45N. The molecular weight excluding hydrogens is 302 g/mol. The Kier molecular flexibility index (Phi) is 8.64. The smallest absolute Gasteiger partial charge is 0.00413 e. The summed E-state index contributed by atoms with van der Waals surface area (Å²) < 4.78 is 0. The first-order chi connectivity index (χ1) is 12.3. The van der Waals surface area contributed by atoms with Gasteiger partial charge in [0.2, 0.25) is 0 Å². The summed E-state index contributed by atoms with van der Waals surface area (Å²) >= 11 is 0. The molecule has 1 heteroatoms. The maximum Gasteiger partial charge on any atom is 0.00413 e. The van der Waals surface area contributed by atoms with E-state index >= 15 is 0 Å². The zero-order valence-electron chi connectivity index (χ0n) is 17.1. The van der Waals surface area contributed by atoms with E-state index in [2.05, 4.69) is 12.2 Å². The summed E-state index contributed by atoms with van der Waals surface area (Å²) in [5.74, 6) is 4.18. The third kappa shape index (κ3) is 6.56. The van der Waals surface area contributed by atoms with E-state index in [0.717, 1.165) is 29.7 Å². The summed E-state index contributed by atoms with van der Waals surface area (Å²) in [4.78, 5) is 0. The molecule has 0 aromatic carbocycles. The van der Waals surface area contributed by atoms with Gasteiger partial charge in [0.1, 0.15) is 0 Å². The molecule has 1 nitrogen and oxygen atoms in total. The van der Waals surface area contributed by atoms with Gasteiger partial charge in [-0.3, -0.25) is 0 Å². The van der Waals surface area contributed by atoms with Crippen molar-refractivity contribution in [3.05, 3.63) is 0 Å². The fraction of sp³-hybridized carbons (Fsp3) is 1.00. The summed E-state index contributed by atoms with van der Waals surface area (Å²) in [5.41, 5.74) is 0. The van der Waals surface area contributed by atoms with Crippen LogP contribution in [0.5, 0.6) is 0 Å². The van der Waals surface area contributed by atoms with E-state index in [1.165, 1.54) is 90.0 Å². The Balaban J connectivity index is 1.42. The molecule has 146 valence electrons. The molecule has 1 unspecified atom stereocenters. The van der Waals surface area contributed by atoms with E-state index in [0.29, 0.717) is 0 Å². The lowest BCUT2D eigenvalue weighted by atomic mass is 9.68. The highest BCUT2D eigenvalue weighted by atomic mass is 14.9. The molecule has 0 amide bonds. The van der Waals surface area contributed by atoms with Crippen molar-refractivity contribution < 1.29 is 0 Å². The fourth-order valence-electron chi connectivity index (χ4n) is 6.48. The lowest BCUT2D eigenvalue weighted by Crippen LogP contribution is -2.34. The molecule has 0 radical (unpaired) electrons. The van der Waals surface area contributed by atoms with Gasteiger partial charge >= 0.3 is 0 Å². The number of hydrogen-bond donors (Lipinski definition) is 1. The van der Waals surface area contributed by atoms with Crippen molar-refractivity contribution in [2.75, 3.05) is 6.54 Å². The average molecular weight is 348 g/mol. The molecule has 3 saturated carbocycles. The molecule has 1 N–H and O–H groups in total. The third-order valence-electron chi connectivity index (χ3n) is 7.89. The number of nitrogens with one attached hydrogen (secondary N) is 1. The number of rotatable bonds is 8. The second kappa shape index (κ2) is 11.0. The topological polar surface area (TPSA) is 12.0 Å². The largest absolute Gasteiger partial charge is 0.314 e. The van der Waals surface area contributed by atoms with Gasteiger partial charge in [-0.2, -0.15) is 0 Å². The van der Waals surface area contributed by atoms with Crippen molar-refractivity contribution in [2.24, 2.45) is 23.7 Å². The highest BCUT2D eigenvalue weighted by Crippen LogP contribution is 2.41. The van der Waals surface area contributed by atoms with Crippen LogP contribution in [0.15, 0.2) is 0 Å². The molecule has 0 heterocycles. The van der Waals surface area contributed by atoms with Crippen LogP contribution in [0.25, 0.3) is 0 Å². The lowest BCUT2D eigenvalue weighted by molar-refractivity contribution is 0.133. The molecule has 0 aliphatic heterocycles. The molecule has 0 bridgehead atoms. The van der Waals surface area contributed by atoms with Crippen LogP contribution in [0, 0.1) is 23.7 Å². The van der Waals surface area contributed by atoms with E-state index in [1.807, 2.05) is 0 Å². The van der Waals surface area contributed by atoms with Gasteiger partial charge in [-0.1, -0.05) is 96.3 Å². The standard InChI is InChI=1S/C24H45N/c1-20(19-21-11-5-2-6-12-21)25-18-17-24(22-13-7-3-8-14-22)23-15-9-4-10-16-23/h20-25H,2-19H2,1H3. The van der Waals surface area contributed by atoms with Gasteiger partial charge in [0, 0.05) is 6.04 Å². The molecule has 0 saturated heterocycles. The Morgan fingerprint density at radius 3 is 1.68 bits per heavy atom. The Hall–Kier alpha value is -0.0400. The Labute approximate surface area is 158 Å². The van der Waals surface area contributed by atoms with Gasteiger partial charge in [-0.25, -0.2) is 0 Å². The predicted molar refractivity (Wildman–Crippen MR) is 110 cm³/mol. The summed E-state index contributed by atoms with van der Waals surface area (Å²) in [6.45, 7) is 3.73. The van der Waals surface area contributed by atoms with Gasteiger partial charge in [-0.05, 0) is 50.0 Å². The molecule has 0 aromatic rings. The van der Waals surface area contributed by atoms with Crippen LogP contribution in [0.1, 0.15) is 116 Å². The monoisotopic (exact) mass is 347 g/mol. The van der Waals surface area contributed by atoms with Crippen LogP contribution in [-0.2, 0) is 0 Å². The summed E-state index contributed by atoms with van der Waals surface area (Å²) in [7, 11) is 0. The number of hydrogen-bond acceptors (Lipinski definition) is 1. The first kappa shape index (κ1) is 19.7. The predicted octanol–water partition coefficient (Wildman–Crippen LogP) is 7.10.